The number of amides is 4. The molecule has 0 bridgehead atoms. The van der Waals surface area contributed by atoms with E-state index < -0.39 is 17.5 Å². The van der Waals surface area contributed by atoms with Gasteiger partial charge in [0, 0.05) is 12.1 Å². The Hall–Kier alpha value is -2.77. The molecule has 8 heteroatoms. The maximum Gasteiger partial charge on any atom is 0.325 e. The summed E-state index contributed by atoms with van der Waals surface area (Å²) in [5.41, 5.74) is -0.224. The van der Waals surface area contributed by atoms with Gasteiger partial charge >= 0.3 is 6.03 Å². The van der Waals surface area contributed by atoms with E-state index in [1.54, 1.807) is 32.4 Å². The highest BCUT2D eigenvalue weighted by atomic mass is 16.5. The summed E-state index contributed by atoms with van der Waals surface area (Å²) in [7, 11) is 3.11. The van der Waals surface area contributed by atoms with E-state index in [1.165, 1.54) is 0 Å². The molecule has 2 aliphatic rings. The summed E-state index contributed by atoms with van der Waals surface area (Å²) in [5, 5.41) is 5.65. The summed E-state index contributed by atoms with van der Waals surface area (Å²) in [6.07, 6.45) is 2.18. The van der Waals surface area contributed by atoms with Crippen molar-refractivity contribution in [2.75, 3.05) is 20.8 Å². The third-order valence-corrected chi connectivity index (χ3v) is 5.89. The number of nitrogens with zero attached hydrogens (tertiary/aromatic N) is 1. The SMILES string of the molecule is COc1ccc(OC)c(CNC(=O)CN2C(=O)NC3(CC(C)CC(C)(C)C3)C2=O)c1. The number of ether oxygens (including phenoxy) is 2. The average Bonchev–Trinajstić information content (AvgIpc) is 2.87. The Kier molecular flexibility index (Phi) is 5.97. The van der Waals surface area contributed by atoms with Gasteiger partial charge in [-0.05, 0) is 48.8 Å². The van der Waals surface area contributed by atoms with Crippen molar-refractivity contribution in [3.8, 4) is 11.5 Å². The van der Waals surface area contributed by atoms with Crippen LogP contribution < -0.4 is 20.1 Å². The van der Waals surface area contributed by atoms with Gasteiger partial charge in [0.2, 0.25) is 5.91 Å². The molecule has 2 fully saturated rings. The van der Waals surface area contributed by atoms with Crippen molar-refractivity contribution in [3.63, 3.8) is 0 Å². The standard InChI is InChI=1S/C22H31N3O5/c1-14-9-21(2,3)13-22(10-14)19(27)25(20(28)24-22)12-18(26)23-11-15-8-16(29-4)6-7-17(15)30-5/h6-8,14H,9-13H2,1-5H3,(H,23,26)(H,24,28). The van der Waals surface area contributed by atoms with E-state index in [9.17, 15) is 14.4 Å². The monoisotopic (exact) mass is 417 g/mol. The average molecular weight is 418 g/mol. The Bertz CT molecular complexity index is 853. The summed E-state index contributed by atoms with van der Waals surface area (Å²) >= 11 is 0. The molecule has 30 heavy (non-hydrogen) atoms. The quantitative estimate of drug-likeness (QED) is 0.693. The van der Waals surface area contributed by atoms with E-state index in [1.807, 2.05) is 0 Å². The zero-order chi connectivity index (χ0) is 22.1. The van der Waals surface area contributed by atoms with E-state index in [0.29, 0.717) is 30.3 Å². The predicted octanol–water partition coefficient (Wildman–Crippen LogP) is 2.46. The van der Waals surface area contributed by atoms with Crippen LogP contribution >= 0.6 is 0 Å². The molecular formula is C22H31N3O5. The molecule has 164 valence electrons. The smallest absolute Gasteiger partial charge is 0.325 e. The van der Waals surface area contributed by atoms with Crippen LogP contribution in [0.15, 0.2) is 18.2 Å². The second-order valence-electron chi connectivity index (χ2n) is 9.21. The van der Waals surface area contributed by atoms with Crippen LogP contribution in [0.4, 0.5) is 4.79 Å². The zero-order valence-electron chi connectivity index (χ0n) is 18.3. The number of benzene rings is 1. The van der Waals surface area contributed by atoms with Gasteiger partial charge in [0.05, 0.1) is 14.2 Å². The number of carbonyl (C=O) groups excluding carboxylic acids is 3. The van der Waals surface area contributed by atoms with Gasteiger partial charge in [0.25, 0.3) is 5.91 Å². The first-order valence-electron chi connectivity index (χ1n) is 10.2. The van der Waals surface area contributed by atoms with Crippen molar-refractivity contribution < 1.29 is 23.9 Å². The van der Waals surface area contributed by atoms with Gasteiger partial charge in [-0.25, -0.2) is 4.79 Å². The lowest BCUT2D eigenvalue weighted by Crippen LogP contribution is -2.54. The number of imide groups is 1. The van der Waals surface area contributed by atoms with E-state index in [0.717, 1.165) is 16.9 Å². The third-order valence-electron chi connectivity index (χ3n) is 5.89. The highest BCUT2D eigenvalue weighted by Gasteiger charge is 2.56. The second kappa shape index (κ2) is 8.16. The molecule has 0 aromatic heterocycles. The highest BCUT2D eigenvalue weighted by Crippen LogP contribution is 2.46. The minimum atomic E-state index is -0.908. The molecule has 2 atom stereocenters. The van der Waals surface area contributed by atoms with Crippen molar-refractivity contribution >= 4 is 17.8 Å². The Morgan fingerprint density at radius 1 is 1.23 bits per heavy atom. The Balaban J connectivity index is 1.66. The molecule has 0 radical (unpaired) electrons. The Morgan fingerprint density at radius 2 is 1.97 bits per heavy atom. The topological polar surface area (TPSA) is 97.0 Å². The van der Waals surface area contributed by atoms with E-state index in [4.69, 9.17) is 9.47 Å². The van der Waals surface area contributed by atoms with Crippen LogP contribution in [-0.4, -0.2) is 49.0 Å². The molecule has 1 spiro atoms. The van der Waals surface area contributed by atoms with Gasteiger partial charge < -0.3 is 20.1 Å². The van der Waals surface area contributed by atoms with Crippen LogP contribution in [0, 0.1) is 11.3 Å². The normalized spacial score (nSPS) is 25.2. The van der Waals surface area contributed by atoms with Gasteiger partial charge in [-0.3, -0.25) is 14.5 Å². The predicted molar refractivity (Wildman–Crippen MR) is 111 cm³/mol. The Labute approximate surface area is 177 Å². The molecule has 8 nitrogen and oxygen atoms in total. The number of nitrogens with one attached hydrogen (secondary N) is 2. The third kappa shape index (κ3) is 4.37. The number of rotatable bonds is 6. The van der Waals surface area contributed by atoms with Crippen molar-refractivity contribution in [2.45, 2.75) is 52.1 Å². The van der Waals surface area contributed by atoms with E-state index in [-0.39, 0.29) is 24.4 Å². The molecule has 1 heterocycles. The van der Waals surface area contributed by atoms with Crippen LogP contribution in [0.5, 0.6) is 11.5 Å². The molecule has 1 aliphatic heterocycles. The van der Waals surface area contributed by atoms with Crippen molar-refractivity contribution in [2.24, 2.45) is 11.3 Å². The molecule has 4 amide bonds. The largest absolute Gasteiger partial charge is 0.497 e. The molecule has 1 aromatic rings. The number of hydrogen-bond donors (Lipinski definition) is 2. The van der Waals surface area contributed by atoms with Crippen molar-refractivity contribution in [1.82, 2.24) is 15.5 Å². The fraction of sp³-hybridized carbons (Fsp3) is 0.591. The number of carbonyl (C=O) groups is 3. The highest BCUT2D eigenvalue weighted by molar-refractivity contribution is 6.09. The maximum atomic E-state index is 13.1. The van der Waals surface area contributed by atoms with Gasteiger partial charge in [0.1, 0.15) is 23.6 Å². The van der Waals surface area contributed by atoms with Gasteiger partial charge in [0.15, 0.2) is 0 Å². The maximum absolute atomic E-state index is 13.1. The first-order chi connectivity index (χ1) is 14.1. The van der Waals surface area contributed by atoms with Crippen LogP contribution in [0.2, 0.25) is 0 Å². The summed E-state index contributed by atoms with van der Waals surface area (Å²) < 4.78 is 10.5. The molecule has 1 aliphatic carbocycles. The van der Waals surface area contributed by atoms with Crippen molar-refractivity contribution in [3.05, 3.63) is 23.8 Å². The fourth-order valence-electron chi connectivity index (χ4n) is 5.06. The van der Waals surface area contributed by atoms with Crippen LogP contribution in [0.3, 0.4) is 0 Å². The summed E-state index contributed by atoms with van der Waals surface area (Å²) in [5.74, 6) is 0.852. The Morgan fingerprint density at radius 3 is 2.60 bits per heavy atom. The minimum Gasteiger partial charge on any atom is -0.497 e. The lowest BCUT2D eigenvalue weighted by Gasteiger charge is -2.43. The lowest BCUT2D eigenvalue weighted by molar-refractivity contribution is -0.137. The lowest BCUT2D eigenvalue weighted by atomic mass is 9.64. The van der Waals surface area contributed by atoms with Crippen LogP contribution in [0.1, 0.15) is 45.6 Å². The van der Waals surface area contributed by atoms with Crippen LogP contribution in [-0.2, 0) is 16.1 Å². The van der Waals surface area contributed by atoms with E-state index >= 15 is 0 Å². The minimum absolute atomic E-state index is 0.0538. The van der Waals surface area contributed by atoms with Crippen LogP contribution in [0.25, 0.3) is 0 Å². The number of urea groups is 1. The molecule has 1 aromatic carbocycles. The molecule has 2 unspecified atom stereocenters. The second-order valence-corrected chi connectivity index (χ2v) is 9.21. The first-order valence-corrected chi connectivity index (χ1v) is 10.2. The number of methoxy groups -OCH3 is 2. The van der Waals surface area contributed by atoms with Gasteiger partial charge in [-0.1, -0.05) is 20.8 Å². The molecule has 1 saturated carbocycles. The summed E-state index contributed by atoms with van der Waals surface area (Å²) in [6, 6.07) is 4.80. The van der Waals surface area contributed by atoms with Gasteiger partial charge in [-0.15, -0.1) is 0 Å². The van der Waals surface area contributed by atoms with E-state index in [2.05, 4.69) is 31.4 Å². The molecule has 1 saturated heterocycles. The van der Waals surface area contributed by atoms with Gasteiger partial charge in [-0.2, -0.15) is 0 Å². The summed E-state index contributed by atoms with van der Waals surface area (Å²) in [6.45, 7) is 6.20. The molecular weight excluding hydrogens is 386 g/mol. The molecule has 3 rings (SSSR count). The molecule has 2 N–H and O–H groups in total. The first kappa shape index (κ1) is 21.9. The fourth-order valence-corrected chi connectivity index (χ4v) is 5.06. The zero-order valence-corrected chi connectivity index (χ0v) is 18.3. The summed E-state index contributed by atoms with van der Waals surface area (Å²) in [4.78, 5) is 39.3. The van der Waals surface area contributed by atoms with Crippen molar-refractivity contribution in [1.29, 1.82) is 0 Å². The number of hydrogen-bond acceptors (Lipinski definition) is 5.